The molecule has 0 radical (unpaired) electrons. The highest BCUT2D eigenvalue weighted by Crippen LogP contribution is 2.36. The van der Waals surface area contributed by atoms with Crippen LogP contribution in [0.4, 0.5) is 0 Å². The van der Waals surface area contributed by atoms with E-state index in [0.29, 0.717) is 12.5 Å². The van der Waals surface area contributed by atoms with Gasteiger partial charge in [-0.15, -0.1) is 0 Å². The molecule has 17 heavy (non-hydrogen) atoms. The zero-order valence-electron chi connectivity index (χ0n) is 10.9. The number of rotatable bonds is 4. The number of aliphatic hydroxyl groups is 1. The molecule has 1 atom stereocenters. The third kappa shape index (κ3) is 3.70. The Bertz CT molecular complexity index is 265. The average Bonchev–Trinajstić information content (AvgIpc) is 3.12. The summed E-state index contributed by atoms with van der Waals surface area (Å²) in [7, 11) is 0. The maximum absolute atomic E-state index is 11.9. The second kappa shape index (κ2) is 5.38. The lowest BCUT2D eigenvalue weighted by atomic mass is 9.94. The quantitative estimate of drug-likeness (QED) is 0.739. The fourth-order valence-electron chi connectivity index (χ4n) is 2.79. The zero-order chi connectivity index (χ0) is 12.3. The zero-order valence-corrected chi connectivity index (χ0v) is 10.9. The summed E-state index contributed by atoms with van der Waals surface area (Å²) in [4.78, 5) is 11.9. The van der Waals surface area contributed by atoms with Gasteiger partial charge in [0.05, 0.1) is 5.60 Å². The third-order valence-corrected chi connectivity index (χ3v) is 4.37. The van der Waals surface area contributed by atoms with Crippen LogP contribution in [0.2, 0.25) is 0 Å². The van der Waals surface area contributed by atoms with Crippen LogP contribution in [0.5, 0.6) is 0 Å². The first-order valence-electron chi connectivity index (χ1n) is 7.11. The van der Waals surface area contributed by atoms with E-state index in [1.807, 2.05) is 6.92 Å². The van der Waals surface area contributed by atoms with Crippen molar-refractivity contribution in [2.75, 3.05) is 6.54 Å². The minimum absolute atomic E-state index is 0.129. The van der Waals surface area contributed by atoms with Gasteiger partial charge in [0, 0.05) is 12.5 Å². The fraction of sp³-hybridized carbons (Fsp3) is 0.929. The molecule has 2 aliphatic rings. The van der Waals surface area contributed by atoms with Gasteiger partial charge in [-0.3, -0.25) is 4.79 Å². The summed E-state index contributed by atoms with van der Waals surface area (Å²) in [5, 5.41) is 13.4. The van der Waals surface area contributed by atoms with Gasteiger partial charge in [0.15, 0.2) is 0 Å². The smallest absolute Gasteiger partial charge is 0.223 e. The summed E-state index contributed by atoms with van der Waals surface area (Å²) >= 11 is 0. The van der Waals surface area contributed by atoms with Crippen molar-refractivity contribution in [1.82, 2.24) is 5.32 Å². The number of hydrogen-bond acceptors (Lipinski definition) is 2. The Hall–Kier alpha value is -0.570. The lowest BCUT2D eigenvalue weighted by molar-refractivity contribution is -0.126. The lowest BCUT2D eigenvalue weighted by Gasteiger charge is -2.27. The maximum atomic E-state index is 11.9. The van der Waals surface area contributed by atoms with Crippen LogP contribution in [0.15, 0.2) is 0 Å². The van der Waals surface area contributed by atoms with Gasteiger partial charge in [0.1, 0.15) is 0 Å². The van der Waals surface area contributed by atoms with E-state index in [9.17, 15) is 9.90 Å². The highest BCUT2D eigenvalue weighted by molar-refractivity contribution is 5.78. The molecule has 0 aromatic heterocycles. The molecular weight excluding hydrogens is 214 g/mol. The summed E-state index contributed by atoms with van der Waals surface area (Å²) in [6.07, 6.45) is 8.67. The van der Waals surface area contributed by atoms with Gasteiger partial charge in [-0.1, -0.05) is 32.6 Å². The summed E-state index contributed by atoms with van der Waals surface area (Å²) < 4.78 is 0. The van der Waals surface area contributed by atoms with Crippen LogP contribution in [0.25, 0.3) is 0 Å². The first-order chi connectivity index (χ1) is 8.11. The van der Waals surface area contributed by atoms with E-state index in [0.717, 1.165) is 25.7 Å². The van der Waals surface area contributed by atoms with Crippen molar-refractivity contribution < 1.29 is 9.90 Å². The molecule has 98 valence electrons. The molecule has 3 nitrogen and oxygen atoms in total. The first kappa shape index (κ1) is 12.9. The molecule has 0 bridgehead atoms. The molecule has 0 saturated heterocycles. The average molecular weight is 239 g/mol. The number of nitrogens with one attached hydrogen (secondary N) is 1. The molecule has 2 saturated carbocycles. The molecule has 0 heterocycles. The molecule has 0 aliphatic heterocycles. The Morgan fingerprint density at radius 1 is 1.29 bits per heavy atom. The van der Waals surface area contributed by atoms with Crippen LogP contribution in [-0.4, -0.2) is 23.2 Å². The van der Waals surface area contributed by atoms with Gasteiger partial charge in [-0.25, -0.2) is 0 Å². The molecule has 0 spiro atoms. The Morgan fingerprint density at radius 3 is 2.41 bits per heavy atom. The SMILES string of the molecule is CC(C(=O)NCC1(O)CCCCCC1)C1CC1. The Labute approximate surface area is 104 Å². The largest absolute Gasteiger partial charge is 0.388 e. The van der Waals surface area contributed by atoms with E-state index in [2.05, 4.69) is 5.32 Å². The van der Waals surface area contributed by atoms with E-state index in [-0.39, 0.29) is 11.8 Å². The molecular formula is C14H25NO2. The standard InChI is InChI=1S/C14H25NO2/c1-11(12-6-7-12)13(16)15-10-14(17)8-4-2-3-5-9-14/h11-12,17H,2-10H2,1H3,(H,15,16). The van der Waals surface area contributed by atoms with Gasteiger partial charge in [0.25, 0.3) is 0 Å². The monoisotopic (exact) mass is 239 g/mol. The van der Waals surface area contributed by atoms with Crippen molar-refractivity contribution in [2.24, 2.45) is 11.8 Å². The van der Waals surface area contributed by atoms with Crippen molar-refractivity contribution in [3.05, 3.63) is 0 Å². The van der Waals surface area contributed by atoms with Gasteiger partial charge in [0.2, 0.25) is 5.91 Å². The highest BCUT2D eigenvalue weighted by Gasteiger charge is 2.34. The predicted octanol–water partition coefficient (Wildman–Crippen LogP) is 2.23. The van der Waals surface area contributed by atoms with Crippen LogP contribution in [0.1, 0.15) is 58.3 Å². The van der Waals surface area contributed by atoms with Gasteiger partial charge in [-0.2, -0.15) is 0 Å². The topological polar surface area (TPSA) is 49.3 Å². The molecule has 2 fully saturated rings. The predicted molar refractivity (Wildman–Crippen MR) is 67.5 cm³/mol. The van der Waals surface area contributed by atoms with Crippen molar-refractivity contribution in [1.29, 1.82) is 0 Å². The van der Waals surface area contributed by atoms with Crippen molar-refractivity contribution >= 4 is 5.91 Å². The van der Waals surface area contributed by atoms with E-state index < -0.39 is 5.60 Å². The van der Waals surface area contributed by atoms with Crippen LogP contribution in [-0.2, 0) is 4.79 Å². The minimum Gasteiger partial charge on any atom is -0.388 e. The Balaban J connectivity index is 1.77. The molecule has 3 heteroatoms. The fourth-order valence-corrected chi connectivity index (χ4v) is 2.79. The number of hydrogen-bond donors (Lipinski definition) is 2. The van der Waals surface area contributed by atoms with Gasteiger partial charge >= 0.3 is 0 Å². The van der Waals surface area contributed by atoms with E-state index in [4.69, 9.17) is 0 Å². The summed E-state index contributed by atoms with van der Waals surface area (Å²) in [5.74, 6) is 0.855. The highest BCUT2D eigenvalue weighted by atomic mass is 16.3. The number of amides is 1. The van der Waals surface area contributed by atoms with Crippen molar-refractivity contribution in [3.63, 3.8) is 0 Å². The lowest BCUT2D eigenvalue weighted by Crippen LogP contribution is -2.44. The molecule has 2 N–H and O–H groups in total. The summed E-state index contributed by atoms with van der Waals surface area (Å²) in [6, 6.07) is 0. The number of carbonyl (C=O) groups is 1. The van der Waals surface area contributed by atoms with Crippen LogP contribution in [0, 0.1) is 11.8 Å². The molecule has 1 amide bonds. The second-order valence-corrected chi connectivity index (χ2v) is 5.98. The van der Waals surface area contributed by atoms with Crippen LogP contribution in [0.3, 0.4) is 0 Å². The molecule has 2 rings (SSSR count). The van der Waals surface area contributed by atoms with Crippen LogP contribution >= 0.6 is 0 Å². The van der Waals surface area contributed by atoms with Gasteiger partial charge < -0.3 is 10.4 Å². The molecule has 2 aliphatic carbocycles. The minimum atomic E-state index is -0.643. The maximum Gasteiger partial charge on any atom is 0.223 e. The summed E-state index contributed by atoms with van der Waals surface area (Å²) in [6.45, 7) is 2.45. The van der Waals surface area contributed by atoms with E-state index >= 15 is 0 Å². The van der Waals surface area contributed by atoms with Gasteiger partial charge in [-0.05, 0) is 31.6 Å². The normalized spacial score (nSPS) is 26.0. The van der Waals surface area contributed by atoms with Crippen molar-refractivity contribution in [3.8, 4) is 0 Å². The summed E-state index contributed by atoms with van der Waals surface area (Å²) in [5.41, 5.74) is -0.643. The first-order valence-corrected chi connectivity index (χ1v) is 7.11. The number of carbonyl (C=O) groups excluding carboxylic acids is 1. The Kier molecular flexibility index (Phi) is 4.08. The van der Waals surface area contributed by atoms with Crippen molar-refractivity contribution in [2.45, 2.75) is 63.9 Å². The molecule has 0 aromatic rings. The third-order valence-electron chi connectivity index (χ3n) is 4.37. The van der Waals surface area contributed by atoms with E-state index in [1.54, 1.807) is 0 Å². The second-order valence-electron chi connectivity index (χ2n) is 5.98. The molecule has 0 aromatic carbocycles. The molecule has 1 unspecified atom stereocenters. The Morgan fingerprint density at radius 2 is 1.88 bits per heavy atom. The van der Waals surface area contributed by atoms with E-state index in [1.165, 1.54) is 25.7 Å². The van der Waals surface area contributed by atoms with Crippen LogP contribution < -0.4 is 5.32 Å².